The summed E-state index contributed by atoms with van der Waals surface area (Å²) in [7, 11) is 0. The van der Waals surface area contributed by atoms with Crippen molar-refractivity contribution in [2.45, 2.75) is 90.1 Å². The molecule has 11 nitrogen and oxygen atoms in total. The third kappa shape index (κ3) is 11.3. The molecule has 0 bridgehead atoms. The predicted octanol–water partition coefficient (Wildman–Crippen LogP) is 7.40. The fourth-order valence-electron chi connectivity index (χ4n) is 5.68. The van der Waals surface area contributed by atoms with E-state index in [1.807, 2.05) is 54.6 Å². The van der Waals surface area contributed by atoms with Crippen LogP contribution in [0.5, 0.6) is 5.75 Å². The molecule has 0 spiro atoms. The molecule has 0 radical (unpaired) electrons. The van der Waals surface area contributed by atoms with E-state index in [0.717, 1.165) is 39.3 Å². The molecule has 5 aromatic rings. The summed E-state index contributed by atoms with van der Waals surface area (Å²) < 4.78 is 5.90. The van der Waals surface area contributed by atoms with Crippen molar-refractivity contribution in [1.29, 1.82) is 0 Å². The Hall–Kier alpha value is -5.36. The van der Waals surface area contributed by atoms with Crippen molar-refractivity contribution >= 4 is 29.1 Å². The summed E-state index contributed by atoms with van der Waals surface area (Å²) in [5.41, 5.74) is 3.83. The molecule has 2 aromatic carbocycles. The highest BCUT2D eigenvalue weighted by Crippen LogP contribution is 2.30. The van der Waals surface area contributed by atoms with E-state index in [4.69, 9.17) is 4.74 Å². The highest BCUT2D eigenvalue weighted by Gasteiger charge is 2.29. The van der Waals surface area contributed by atoms with Gasteiger partial charge in [-0.05, 0) is 47.2 Å². The fraction of sp³-hybridized carbons (Fsp3) is 0.366. The van der Waals surface area contributed by atoms with E-state index in [0.29, 0.717) is 23.0 Å². The van der Waals surface area contributed by atoms with Gasteiger partial charge in [-0.3, -0.25) is 9.59 Å². The summed E-state index contributed by atoms with van der Waals surface area (Å²) in [6.45, 7) is 9.13. The smallest absolute Gasteiger partial charge is 0.326 e. The molecule has 53 heavy (non-hydrogen) atoms. The molecule has 0 fully saturated rings. The number of hydrogen-bond donors (Lipinski definition) is 4. The van der Waals surface area contributed by atoms with Crippen molar-refractivity contribution in [2.75, 3.05) is 6.61 Å². The maximum Gasteiger partial charge on any atom is 0.326 e. The first-order chi connectivity index (χ1) is 25.5. The Labute approximate surface area is 314 Å². The first-order valence-corrected chi connectivity index (χ1v) is 18.9. The largest absolute Gasteiger partial charge is 0.494 e. The van der Waals surface area contributed by atoms with Crippen molar-refractivity contribution in [3.63, 3.8) is 0 Å². The monoisotopic (exact) mass is 736 g/mol. The third-order valence-corrected chi connectivity index (χ3v) is 10.3. The van der Waals surface area contributed by atoms with Crippen LogP contribution in [0.15, 0.2) is 85.6 Å². The summed E-state index contributed by atoms with van der Waals surface area (Å²) in [6.07, 6.45) is 12.6. The van der Waals surface area contributed by atoms with Crippen LogP contribution < -0.4 is 15.4 Å². The van der Waals surface area contributed by atoms with Crippen LogP contribution in [0.3, 0.4) is 0 Å². The summed E-state index contributed by atoms with van der Waals surface area (Å²) in [5, 5.41) is 15.3. The highest BCUT2D eigenvalue weighted by atomic mass is 32.1. The normalized spacial score (nSPS) is 12.5. The lowest BCUT2D eigenvalue weighted by molar-refractivity contribution is -0.142. The number of benzene rings is 2. The van der Waals surface area contributed by atoms with Crippen molar-refractivity contribution in [1.82, 2.24) is 30.6 Å². The van der Waals surface area contributed by atoms with Crippen molar-refractivity contribution in [3.8, 4) is 28.3 Å². The Kier molecular flexibility index (Phi) is 13.5. The quantitative estimate of drug-likeness (QED) is 0.0678. The van der Waals surface area contributed by atoms with Gasteiger partial charge in [-0.1, -0.05) is 89.8 Å². The number of thiophene rings is 1. The number of imidazole rings is 1. The number of H-pyrrole nitrogens is 1. The summed E-state index contributed by atoms with van der Waals surface area (Å²) in [6, 6.07) is 16.8. The maximum atomic E-state index is 13.6. The van der Waals surface area contributed by atoms with Gasteiger partial charge in [0, 0.05) is 53.1 Å². The Morgan fingerprint density at radius 2 is 1.51 bits per heavy atom. The van der Waals surface area contributed by atoms with Crippen molar-refractivity contribution in [3.05, 3.63) is 107 Å². The van der Waals surface area contributed by atoms with Crippen LogP contribution in [-0.4, -0.2) is 61.5 Å². The lowest BCUT2D eigenvalue weighted by Gasteiger charge is -2.21. The second kappa shape index (κ2) is 18.4. The number of aromatic amines is 1. The molecular weight excluding hydrogens is 689 g/mol. The Morgan fingerprint density at radius 1 is 0.811 bits per heavy atom. The van der Waals surface area contributed by atoms with Crippen LogP contribution in [0, 0.1) is 0 Å². The molecule has 1 unspecified atom stereocenters. The van der Waals surface area contributed by atoms with E-state index in [-0.39, 0.29) is 18.3 Å². The van der Waals surface area contributed by atoms with Gasteiger partial charge in [-0.2, -0.15) is 0 Å². The first kappa shape index (κ1) is 38.9. The number of ether oxygens (including phenoxy) is 1. The lowest BCUT2D eigenvalue weighted by Crippen LogP contribution is -2.53. The average Bonchev–Trinajstić information content (AvgIpc) is 3.87. The number of nitrogens with one attached hydrogen (secondary N) is 3. The minimum atomic E-state index is -1.23. The number of nitrogens with zero attached hydrogens (tertiary/aromatic N) is 3. The Morgan fingerprint density at radius 3 is 2.13 bits per heavy atom. The molecule has 0 aliphatic heterocycles. The van der Waals surface area contributed by atoms with E-state index in [2.05, 4.69) is 58.3 Å². The Bertz CT molecular complexity index is 1920. The number of carbonyl (C=O) groups is 3. The second-order valence-electron chi connectivity index (χ2n) is 14.1. The molecule has 2 atom stereocenters. The van der Waals surface area contributed by atoms with Crippen molar-refractivity contribution in [2.24, 2.45) is 0 Å². The molecule has 2 amide bonds. The van der Waals surface area contributed by atoms with Crippen LogP contribution >= 0.6 is 11.3 Å². The zero-order chi connectivity index (χ0) is 37.8. The van der Waals surface area contributed by atoms with Crippen LogP contribution in [-0.2, 0) is 27.8 Å². The number of carboxylic acids is 1. The minimum Gasteiger partial charge on any atom is -0.494 e. The SMILES string of the molecule is CCCCCCCOc1ccc(-c2cnc(-c3ccc(CC(NC(=O)c4ccc(C(C)(C)C)s4)C(=O)N[C@@H](Cc4cnc[nH]4)C(=O)O)cc3)nc2)cc1. The van der Waals surface area contributed by atoms with Gasteiger partial charge in [0.15, 0.2) is 5.82 Å². The molecule has 12 heteroatoms. The topological polar surface area (TPSA) is 159 Å². The molecule has 0 saturated carbocycles. The zero-order valence-electron chi connectivity index (χ0n) is 30.7. The van der Waals surface area contributed by atoms with Gasteiger partial charge in [0.1, 0.15) is 17.8 Å². The first-order valence-electron chi connectivity index (χ1n) is 18.1. The van der Waals surface area contributed by atoms with E-state index in [1.165, 1.54) is 49.5 Å². The summed E-state index contributed by atoms with van der Waals surface area (Å²) in [5.74, 6) is -0.824. The van der Waals surface area contributed by atoms with E-state index in [1.54, 1.807) is 18.5 Å². The predicted molar refractivity (Wildman–Crippen MR) is 207 cm³/mol. The van der Waals surface area contributed by atoms with Gasteiger partial charge in [-0.25, -0.2) is 19.7 Å². The van der Waals surface area contributed by atoms with Gasteiger partial charge in [0.25, 0.3) is 5.91 Å². The van der Waals surface area contributed by atoms with Gasteiger partial charge >= 0.3 is 5.97 Å². The van der Waals surface area contributed by atoms with Crippen LogP contribution in [0.1, 0.15) is 85.6 Å². The van der Waals surface area contributed by atoms with E-state index >= 15 is 0 Å². The number of carboxylic acid groups (broad SMARTS) is 1. The molecule has 0 aliphatic carbocycles. The molecule has 4 N–H and O–H groups in total. The fourth-order valence-corrected chi connectivity index (χ4v) is 6.65. The Balaban J connectivity index is 1.25. The standard InChI is InChI=1S/C41H48N6O5S/c1-5-6-7-8-9-20-52-32-16-14-28(15-17-32)30-23-43-37(44-24-30)29-12-10-27(11-13-29)21-33(46-39(49)35-18-19-36(53-35)41(2,3)4)38(48)47-34(40(50)51)22-31-25-42-26-45-31/h10-19,23-26,33-34H,5-9,20-22H2,1-4H3,(H,42,45)(H,46,49)(H,47,48)(H,50,51)/t33?,34-/m0/s1. The molecule has 5 rings (SSSR count). The summed E-state index contributed by atoms with van der Waals surface area (Å²) >= 11 is 1.37. The molecule has 3 aromatic heterocycles. The second-order valence-corrected chi connectivity index (χ2v) is 15.2. The highest BCUT2D eigenvalue weighted by molar-refractivity contribution is 7.14. The number of aliphatic carboxylic acids is 1. The molecule has 0 saturated heterocycles. The van der Waals surface area contributed by atoms with Gasteiger partial charge in [0.05, 0.1) is 17.8 Å². The van der Waals surface area contributed by atoms with Crippen LogP contribution in [0.25, 0.3) is 22.5 Å². The number of unbranched alkanes of at least 4 members (excludes halogenated alkanes) is 4. The molecular formula is C41H48N6O5S. The molecule has 3 heterocycles. The summed E-state index contributed by atoms with van der Waals surface area (Å²) in [4.78, 5) is 56.6. The number of aromatic nitrogens is 4. The van der Waals surface area contributed by atoms with E-state index < -0.39 is 29.9 Å². The van der Waals surface area contributed by atoms with Crippen molar-refractivity contribution < 1.29 is 24.2 Å². The number of carbonyl (C=O) groups excluding carboxylic acids is 2. The van der Waals surface area contributed by atoms with Gasteiger partial charge in [0.2, 0.25) is 5.91 Å². The number of amides is 2. The van der Waals surface area contributed by atoms with Crippen LogP contribution in [0.4, 0.5) is 0 Å². The van der Waals surface area contributed by atoms with Crippen LogP contribution in [0.2, 0.25) is 0 Å². The average molecular weight is 737 g/mol. The zero-order valence-corrected chi connectivity index (χ0v) is 31.5. The lowest BCUT2D eigenvalue weighted by atomic mass is 9.95. The van der Waals surface area contributed by atoms with Gasteiger partial charge in [-0.15, -0.1) is 11.3 Å². The van der Waals surface area contributed by atoms with E-state index in [9.17, 15) is 19.5 Å². The molecule has 0 aliphatic rings. The third-order valence-electron chi connectivity index (χ3n) is 8.79. The maximum absolute atomic E-state index is 13.6. The minimum absolute atomic E-state index is 0.00801. The number of rotatable bonds is 18. The van der Waals surface area contributed by atoms with Gasteiger partial charge < -0.3 is 25.5 Å². The molecule has 278 valence electrons. The number of hydrogen-bond acceptors (Lipinski definition) is 8.